The maximum Gasteiger partial charge on any atom is 0.0626 e. The maximum atomic E-state index is 3.98. The Balaban J connectivity index is 0.00000128. The summed E-state index contributed by atoms with van der Waals surface area (Å²) >= 11 is 1.84. The molecule has 17 heavy (non-hydrogen) atoms. The van der Waals surface area contributed by atoms with E-state index in [1.807, 2.05) is 11.3 Å². The molecule has 1 aromatic rings. The molecular formula is C12H20Cl2N2S. The number of nitrogens with zero attached hydrogens (tertiary/aromatic N) is 1. The third-order valence-corrected chi connectivity index (χ3v) is 4.03. The summed E-state index contributed by atoms with van der Waals surface area (Å²) in [6.07, 6.45) is 2.07. The van der Waals surface area contributed by atoms with Crippen molar-refractivity contribution in [3.8, 4) is 0 Å². The molecule has 1 aliphatic heterocycles. The van der Waals surface area contributed by atoms with Gasteiger partial charge < -0.3 is 5.32 Å². The van der Waals surface area contributed by atoms with Gasteiger partial charge in [-0.25, -0.2) is 0 Å². The number of halogens is 2. The normalized spacial score (nSPS) is 17.7. The average molecular weight is 295 g/mol. The first kappa shape index (κ1) is 16.9. The second-order valence-electron chi connectivity index (χ2n) is 3.93. The van der Waals surface area contributed by atoms with Gasteiger partial charge in [0.15, 0.2) is 0 Å². The summed E-state index contributed by atoms with van der Waals surface area (Å²) < 4.78 is 0. The van der Waals surface area contributed by atoms with Crippen LogP contribution in [0.5, 0.6) is 0 Å². The molecule has 1 aromatic heterocycles. The van der Waals surface area contributed by atoms with E-state index in [0.717, 1.165) is 26.2 Å². The molecule has 0 radical (unpaired) electrons. The first-order chi connectivity index (χ1) is 7.33. The predicted octanol–water partition coefficient (Wildman–Crippen LogP) is 3.03. The number of nitrogens with one attached hydrogen (secondary N) is 1. The minimum absolute atomic E-state index is 0. The number of rotatable bonds is 3. The van der Waals surface area contributed by atoms with Crippen LogP contribution in [0.3, 0.4) is 0 Å². The fourth-order valence-electron chi connectivity index (χ4n) is 2.07. The Labute approximate surface area is 120 Å². The molecule has 1 aliphatic rings. The second kappa shape index (κ2) is 8.11. The molecular weight excluding hydrogens is 275 g/mol. The molecule has 1 N–H and O–H groups in total. The summed E-state index contributed by atoms with van der Waals surface area (Å²) in [7, 11) is 0. The van der Waals surface area contributed by atoms with Gasteiger partial charge in [-0.1, -0.05) is 6.08 Å². The van der Waals surface area contributed by atoms with Gasteiger partial charge in [0.05, 0.1) is 6.04 Å². The maximum absolute atomic E-state index is 3.98. The Kier molecular flexibility index (Phi) is 8.09. The summed E-state index contributed by atoms with van der Waals surface area (Å²) in [5, 5.41) is 5.55. The topological polar surface area (TPSA) is 15.3 Å². The van der Waals surface area contributed by atoms with Crippen LogP contribution in [-0.2, 0) is 0 Å². The number of piperazine rings is 1. The predicted molar refractivity (Wildman–Crippen MR) is 80.9 cm³/mol. The Hall–Kier alpha value is -0.0600. The molecule has 0 aromatic carbocycles. The second-order valence-corrected chi connectivity index (χ2v) is 4.88. The van der Waals surface area contributed by atoms with E-state index in [-0.39, 0.29) is 24.8 Å². The van der Waals surface area contributed by atoms with Gasteiger partial charge in [-0.2, -0.15) is 0 Å². The zero-order chi connectivity index (χ0) is 10.7. The smallest absolute Gasteiger partial charge is 0.0626 e. The molecule has 2 heterocycles. The minimum atomic E-state index is 0. The molecule has 0 amide bonds. The van der Waals surface area contributed by atoms with Gasteiger partial charge >= 0.3 is 0 Å². The van der Waals surface area contributed by atoms with E-state index in [9.17, 15) is 0 Å². The summed E-state index contributed by atoms with van der Waals surface area (Å²) in [4.78, 5) is 3.95. The zero-order valence-corrected chi connectivity index (χ0v) is 12.5. The van der Waals surface area contributed by atoms with Crippen LogP contribution in [0.25, 0.3) is 0 Å². The first-order valence-electron chi connectivity index (χ1n) is 5.44. The fourth-order valence-corrected chi connectivity index (χ4v) is 3.13. The Morgan fingerprint density at radius 2 is 2.06 bits per heavy atom. The highest BCUT2D eigenvalue weighted by atomic mass is 35.5. The van der Waals surface area contributed by atoms with Crippen molar-refractivity contribution in [2.24, 2.45) is 0 Å². The highest BCUT2D eigenvalue weighted by Gasteiger charge is 2.21. The van der Waals surface area contributed by atoms with Crippen molar-refractivity contribution in [1.29, 1.82) is 0 Å². The van der Waals surface area contributed by atoms with Crippen molar-refractivity contribution in [2.75, 3.05) is 26.2 Å². The van der Waals surface area contributed by atoms with Gasteiger partial charge in [-0.05, 0) is 23.9 Å². The van der Waals surface area contributed by atoms with Crippen LogP contribution in [0.15, 0.2) is 24.1 Å². The van der Waals surface area contributed by atoms with Crippen molar-refractivity contribution in [3.63, 3.8) is 0 Å². The van der Waals surface area contributed by atoms with Gasteiger partial charge in [0.2, 0.25) is 0 Å². The van der Waals surface area contributed by atoms with Crippen LogP contribution in [0, 0.1) is 6.92 Å². The lowest BCUT2D eigenvalue weighted by atomic mass is 10.1. The fraction of sp³-hybridized carbons (Fsp3) is 0.500. The van der Waals surface area contributed by atoms with E-state index < -0.39 is 0 Å². The molecule has 2 rings (SSSR count). The lowest BCUT2D eigenvalue weighted by Crippen LogP contribution is -2.44. The van der Waals surface area contributed by atoms with Gasteiger partial charge in [-0.3, -0.25) is 4.90 Å². The molecule has 98 valence electrons. The van der Waals surface area contributed by atoms with Crippen molar-refractivity contribution in [2.45, 2.75) is 13.0 Å². The van der Waals surface area contributed by atoms with E-state index in [1.54, 1.807) is 0 Å². The van der Waals surface area contributed by atoms with E-state index in [0.29, 0.717) is 6.04 Å². The lowest BCUT2D eigenvalue weighted by molar-refractivity contribution is 0.205. The molecule has 0 spiro atoms. The quantitative estimate of drug-likeness (QED) is 0.862. The van der Waals surface area contributed by atoms with Gasteiger partial charge in [0, 0.05) is 31.1 Å². The summed E-state index contributed by atoms with van der Waals surface area (Å²) in [6, 6.07) is 2.60. The summed E-state index contributed by atoms with van der Waals surface area (Å²) in [5.74, 6) is 0. The van der Waals surface area contributed by atoms with Gasteiger partial charge in [0.25, 0.3) is 0 Å². The number of hydrogen-bond acceptors (Lipinski definition) is 3. The van der Waals surface area contributed by atoms with Crippen LogP contribution in [-0.4, -0.2) is 31.1 Å². The van der Waals surface area contributed by atoms with E-state index in [1.165, 1.54) is 10.4 Å². The lowest BCUT2D eigenvalue weighted by Gasteiger charge is -2.33. The highest BCUT2D eigenvalue weighted by molar-refractivity contribution is 7.10. The standard InChI is InChI=1S/C12H18N2S.2ClH/c1-3-11(12-10(2)4-9-15-12)14-7-5-13-6-8-14;;/h3-4,9,11,13H,1,5-8H2,2H3;2*1H/t11-;;/m0../s1. The largest absolute Gasteiger partial charge is 0.314 e. The molecule has 0 saturated carbocycles. The summed E-state index contributed by atoms with van der Waals surface area (Å²) in [6.45, 7) is 10.6. The van der Waals surface area contributed by atoms with Crippen molar-refractivity contribution < 1.29 is 0 Å². The first-order valence-corrected chi connectivity index (χ1v) is 6.32. The van der Waals surface area contributed by atoms with Crippen LogP contribution >= 0.6 is 36.2 Å². The molecule has 1 fully saturated rings. The van der Waals surface area contributed by atoms with E-state index >= 15 is 0 Å². The van der Waals surface area contributed by atoms with Crippen LogP contribution < -0.4 is 5.32 Å². The van der Waals surface area contributed by atoms with Crippen LogP contribution in [0.2, 0.25) is 0 Å². The zero-order valence-electron chi connectivity index (χ0n) is 10.0. The van der Waals surface area contributed by atoms with Crippen molar-refractivity contribution >= 4 is 36.2 Å². The monoisotopic (exact) mass is 294 g/mol. The molecule has 1 saturated heterocycles. The number of aryl methyl sites for hydroxylation is 1. The number of thiophene rings is 1. The Bertz CT molecular complexity index is 335. The van der Waals surface area contributed by atoms with Crippen molar-refractivity contribution in [3.05, 3.63) is 34.5 Å². The van der Waals surface area contributed by atoms with Crippen molar-refractivity contribution in [1.82, 2.24) is 10.2 Å². The SMILES string of the molecule is C=C[C@@H](c1sccc1C)N1CCNCC1.Cl.Cl. The van der Waals surface area contributed by atoms with E-state index in [2.05, 4.69) is 41.2 Å². The Morgan fingerprint density at radius 1 is 1.41 bits per heavy atom. The van der Waals surface area contributed by atoms with Gasteiger partial charge in [0.1, 0.15) is 0 Å². The molecule has 0 bridgehead atoms. The van der Waals surface area contributed by atoms with Gasteiger partial charge in [-0.15, -0.1) is 42.7 Å². The summed E-state index contributed by atoms with van der Waals surface area (Å²) in [5.41, 5.74) is 1.39. The third-order valence-electron chi connectivity index (χ3n) is 2.94. The average Bonchev–Trinajstić information content (AvgIpc) is 2.68. The Morgan fingerprint density at radius 3 is 2.53 bits per heavy atom. The molecule has 0 aliphatic carbocycles. The van der Waals surface area contributed by atoms with Crippen LogP contribution in [0.1, 0.15) is 16.5 Å². The third kappa shape index (κ3) is 3.97. The van der Waals surface area contributed by atoms with Crippen LogP contribution in [0.4, 0.5) is 0 Å². The molecule has 5 heteroatoms. The minimum Gasteiger partial charge on any atom is -0.314 e. The number of hydrogen-bond donors (Lipinski definition) is 1. The molecule has 2 nitrogen and oxygen atoms in total. The van der Waals surface area contributed by atoms with E-state index in [4.69, 9.17) is 0 Å². The highest BCUT2D eigenvalue weighted by Crippen LogP contribution is 2.29. The molecule has 0 unspecified atom stereocenters. The molecule has 1 atom stereocenters.